The Hall–Kier alpha value is -2.57. The molecule has 2 aromatic carbocycles. The van der Waals surface area contributed by atoms with Gasteiger partial charge in [0.25, 0.3) is 5.91 Å². The maximum atomic E-state index is 12.2. The highest BCUT2D eigenvalue weighted by Gasteiger charge is 2.12. The van der Waals surface area contributed by atoms with Crippen LogP contribution in [0.2, 0.25) is 0 Å². The van der Waals surface area contributed by atoms with Gasteiger partial charge in [0.15, 0.2) is 0 Å². The molecule has 0 aliphatic heterocycles. The Morgan fingerprint density at radius 2 is 1.85 bits per heavy atom. The number of rotatable bonds is 8. The van der Waals surface area contributed by atoms with Crippen LogP contribution in [0, 0.1) is 13.8 Å². The lowest BCUT2D eigenvalue weighted by Crippen LogP contribution is -2.30. The molecule has 0 spiro atoms. The summed E-state index contributed by atoms with van der Waals surface area (Å²) in [4.78, 5) is 24.3. The molecule has 2 aromatic rings. The van der Waals surface area contributed by atoms with E-state index in [2.05, 4.69) is 10.6 Å². The van der Waals surface area contributed by atoms with E-state index in [1.165, 1.54) is 0 Å². The standard InChI is InChI=1S/C20H25N3O3.ClH/c1-14-7-8-15(2)18(13-14)26-12-9-19(24)23-17-6-4-3-5-16(17)20(25)22-11-10-21;/h3-8,13H,9-12,21H2,1-2H3,(H,22,25)(H,23,24);1H. The first kappa shape index (κ1) is 22.5. The molecule has 0 aliphatic carbocycles. The van der Waals surface area contributed by atoms with Gasteiger partial charge in [-0.1, -0.05) is 24.3 Å². The van der Waals surface area contributed by atoms with Crippen molar-refractivity contribution in [3.63, 3.8) is 0 Å². The maximum Gasteiger partial charge on any atom is 0.253 e. The predicted molar refractivity (Wildman–Crippen MR) is 110 cm³/mol. The molecule has 0 atom stereocenters. The second-order valence-electron chi connectivity index (χ2n) is 6.01. The van der Waals surface area contributed by atoms with E-state index in [-0.39, 0.29) is 37.2 Å². The molecule has 27 heavy (non-hydrogen) atoms. The molecule has 7 heteroatoms. The van der Waals surface area contributed by atoms with Crippen LogP contribution in [-0.4, -0.2) is 31.5 Å². The summed E-state index contributed by atoms with van der Waals surface area (Å²) in [6.07, 6.45) is 0.187. The van der Waals surface area contributed by atoms with Gasteiger partial charge in [-0.25, -0.2) is 0 Å². The minimum atomic E-state index is -0.266. The van der Waals surface area contributed by atoms with Crippen molar-refractivity contribution in [2.24, 2.45) is 5.73 Å². The van der Waals surface area contributed by atoms with Crippen molar-refractivity contribution in [3.8, 4) is 5.75 Å². The zero-order chi connectivity index (χ0) is 18.9. The average molecular weight is 392 g/mol. The average Bonchev–Trinajstić information content (AvgIpc) is 2.63. The first-order valence-electron chi connectivity index (χ1n) is 8.58. The fourth-order valence-corrected chi connectivity index (χ4v) is 2.40. The highest BCUT2D eigenvalue weighted by molar-refractivity contribution is 6.03. The van der Waals surface area contributed by atoms with E-state index >= 15 is 0 Å². The zero-order valence-electron chi connectivity index (χ0n) is 15.6. The lowest BCUT2D eigenvalue weighted by atomic mass is 10.1. The molecule has 0 radical (unpaired) electrons. The van der Waals surface area contributed by atoms with Crippen molar-refractivity contribution in [2.45, 2.75) is 20.3 Å². The van der Waals surface area contributed by atoms with Crippen molar-refractivity contribution >= 4 is 29.9 Å². The van der Waals surface area contributed by atoms with E-state index < -0.39 is 0 Å². The summed E-state index contributed by atoms with van der Waals surface area (Å²) >= 11 is 0. The summed E-state index contributed by atoms with van der Waals surface area (Å²) < 4.78 is 5.70. The Labute approximate surface area is 165 Å². The van der Waals surface area contributed by atoms with E-state index in [0.717, 1.165) is 16.9 Å². The van der Waals surface area contributed by atoms with Crippen LogP contribution in [0.25, 0.3) is 0 Å². The minimum Gasteiger partial charge on any atom is -0.493 e. The second kappa shape index (κ2) is 11.2. The van der Waals surface area contributed by atoms with Gasteiger partial charge in [-0.3, -0.25) is 9.59 Å². The molecule has 4 N–H and O–H groups in total. The molecule has 0 saturated heterocycles. The molecule has 146 valence electrons. The summed E-state index contributed by atoms with van der Waals surface area (Å²) in [7, 11) is 0. The predicted octanol–water partition coefficient (Wildman–Crippen LogP) is 2.82. The van der Waals surface area contributed by atoms with Crippen LogP contribution < -0.4 is 21.1 Å². The number of hydrogen-bond donors (Lipinski definition) is 3. The van der Waals surface area contributed by atoms with Gasteiger partial charge in [0, 0.05) is 13.1 Å². The third-order valence-corrected chi connectivity index (χ3v) is 3.81. The monoisotopic (exact) mass is 391 g/mol. The number of ether oxygens (including phenoxy) is 1. The van der Waals surface area contributed by atoms with Crippen molar-refractivity contribution in [1.29, 1.82) is 0 Å². The fourth-order valence-electron chi connectivity index (χ4n) is 2.40. The van der Waals surface area contributed by atoms with Gasteiger partial charge >= 0.3 is 0 Å². The highest BCUT2D eigenvalue weighted by atomic mass is 35.5. The number of anilines is 1. The van der Waals surface area contributed by atoms with Crippen molar-refractivity contribution < 1.29 is 14.3 Å². The van der Waals surface area contributed by atoms with Crippen molar-refractivity contribution in [3.05, 3.63) is 59.2 Å². The molecule has 6 nitrogen and oxygen atoms in total. The number of nitrogens with one attached hydrogen (secondary N) is 2. The van der Waals surface area contributed by atoms with Crippen LogP contribution in [0.3, 0.4) is 0 Å². The molecule has 0 aromatic heterocycles. The SMILES string of the molecule is Cc1ccc(C)c(OCCC(=O)Nc2ccccc2C(=O)NCCN)c1.Cl. The smallest absolute Gasteiger partial charge is 0.253 e. The van der Waals surface area contributed by atoms with E-state index in [1.54, 1.807) is 24.3 Å². The Morgan fingerprint density at radius 3 is 2.59 bits per heavy atom. The van der Waals surface area contributed by atoms with Crippen LogP contribution >= 0.6 is 12.4 Å². The number of nitrogens with two attached hydrogens (primary N) is 1. The number of hydrogen-bond acceptors (Lipinski definition) is 4. The molecule has 0 saturated carbocycles. The Balaban J connectivity index is 0.00000364. The van der Waals surface area contributed by atoms with Crippen LogP contribution in [0.1, 0.15) is 27.9 Å². The first-order valence-corrected chi connectivity index (χ1v) is 8.58. The summed E-state index contributed by atoms with van der Waals surface area (Å²) in [5.74, 6) is 0.298. The van der Waals surface area contributed by atoms with Crippen molar-refractivity contribution in [1.82, 2.24) is 5.32 Å². The Morgan fingerprint density at radius 1 is 1.11 bits per heavy atom. The largest absolute Gasteiger partial charge is 0.493 e. The van der Waals surface area contributed by atoms with Crippen LogP contribution in [0.5, 0.6) is 5.75 Å². The molecule has 2 rings (SSSR count). The number of halogens is 1. The number of carbonyl (C=O) groups is 2. The number of carbonyl (C=O) groups excluding carboxylic acids is 2. The molecule has 0 unspecified atom stereocenters. The van der Waals surface area contributed by atoms with E-state index in [1.807, 2.05) is 32.0 Å². The Bertz CT molecular complexity index is 781. The van der Waals surface area contributed by atoms with Crippen LogP contribution in [0.4, 0.5) is 5.69 Å². The molecule has 0 fully saturated rings. The molecule has 0 aliphatic rings. The van der Waals surface area contributed by atoms with Crippen molar-refractivity contribution in [2.75, 3.05) is 25.0 Å². The lowest BCUT2D eigenvalue weighted by molar-refractivity contribution is -0.116. The van der Waals surface area contributed by atoms with Gasteiger partial charge in [0.05, 0.1) is 24.3 Å². The number of para-hydroxylation sites is 1. The summed E-state index contributed by atoms with van der Waals surface area (Å²) in [5, 5.41) is 5.47. The van der Waals surface area contributed by atoms with Gasteiger partial charge in [-0.15, -0.1) is 12.4 Å². The van der Waals surface area contributed by atoms with E-state index in [9.17, 15) is 9.59 Å². The summed E-state index contributed by atoms with van der Waals surface area (Å²) in [5.41, 5.74) is 8.41. The first-order chi connectivity index (χ1) is 12.5. The topological polar surface area (TPSA) is 93.4 Å². The minimum absolute atomic E-state index is 0. The summed E-state index contributed by atoms with van der Waals surface area (Å²) in [6.45, 7) is 4.95. The highest BCUT2D eigenvalue weighted by Crippen LogP contribution is 2.19. The molecular weight excluding hydrogens is 366 g/mol. The maximum absolute atomic E-state index is 12.2. The number of aryl methyl sites for hydroxylation is 2. The van der Waals surface area contributed by atoms with E-state index in [4.69, 9.17) is 10.5 Å². The lowest BCUT2D eigenvalue weighted by Gasteiger charge is -2.12. The van der Waals surface area contributed by atoms with Crippen LogP contribution in [0.15, 0.2) is 42.5 Å². The summed E-state index contributed by atoms with van der Waals surface area (Å²) in [6, 6.07) is 12.8. The third kappa shape index (κ3) is 6.92. The zero-order valence-corrected chi connectivity index (χ0v) is 16.4. The molecule has 2 amide bonds. The quantitative estimate of drug-likeness (QED) is 0.645. The number of amides is 2. The molecular formula is C20H26ClN3O3. The Kier molecular flexibility index (Phi) is 9.33. The van der Waals surface area contributed by atoms with Gasteiger partial charge in [0.1, 0.15) is 5.75 Å². The van der Waals surface area contributed by atoms with Gasteiger partial charge in [-0.2, -0.15) is 0 Å². The van der Waals surface area contributed by atoms with Gasteiger partial charge in [-0.05, 0) is 43.2 Å². The second-order valence-corrected chi connectivity index (χ2v) is 6.01. The van der Waals surface area contributed by atoms with Gasteiger partial charge in [0.2, 0.25) is 5.91 Å². The molecule has 0 bridgehead atoms. The number of benzene rings is 2. The van der Waals surface area contributed by atoms with E-state index in [0.29, 0.717) is 24.3 Å². The van der Waals surface area contributed by atoms with Crippen LogP contribution in [-0.2, 0) is 4.79 Å². The normalized spacial score (nSPS) is 9.89. The third-order valence-electron chi connectivity index (χ3n) is 3.81. The van der Waals surface area contributed by atoms with Gasteiger partial charge < -0.3 is 21.1 Å². The molecule has 0 heterocycles. The fraction of sp³-hybridized carbons (Fsp3) is 0.300.